The van der Waals surface area contributed by atoms with E-state index in [0.29, 0.717) is 21.2 Å². The fraction of sp³-hybridized carbons (Fsp3) is 0.0952. The van der Waals surface area contributed by atoms with Crippen molar-refractivity contribution < 1.29 is 24.0 Å². The molecule has 3 rings (SSSR count). The van der Waals surface area contributed by atoms with E-state index in [4.69, 9.17) is 23.2 Å². The summed E-state index contributed by atoms with van der Waals surface area (Å²) in [5.41, 5.74) is 0.481. The van der Waals surface area contributed by atoms with Crippen molar-refractivity contribution in [3.8, 4) is 0 Å². The lowest BCUT2D eigenvalue weighted by Gasteiger charge is -2.17. The Morgan fingerprint density at radius 2 is 1.06 bits per heavy atom. The van der Waals surface area contributed by atoms with Crippen molar-refractivity contribution in [2.45, 2.75) is 0 Å². The molecule has 0 aromatic heterocycles. The molecule has 1 aliphatic heterocycles. The maximum atomic E-state index is 12.5. The van der Waals surface area contributed by atoms with Crippen molar-refractivity contribution in [3.05, 3.63) is 79.5 Å². The van der Waals surface area contributed by atoms with E-state index < -0.39 is 17.8 Å². The summed E-state index contributed by atoms with van der Waals surface area (Å²) < 4.78 is 0.150. The number of nitrogens with one attached hydrogen (secondary N) is 2. The van der Waals surface area contributed by atoms with E-state index >= 15 is 0 Å². The number of urea groups is 1. The monoisotopic (exact) mass is 508 g/mol. The Hall–Kier alpha value is -2.59. The second-order valence-corrected chi connectivity index (χ2v) is 9.44. The third kappa shape index (κ3) is 6.23. The summed E-state index contributed by atoms with van der Waals surface area (Å²) in [5.74, 6) is -2.52. The van der Waals surface area contributed by atoms with Crippen molar-refractivity contribution in [2.24, 2.45) is 0 Å². The molecule has 0 atom stereocenters. The molecule has 2 aromatic carbocycles. The van der Waals surface area contributed by atoms with Crippen LogP contribution >= 0.6 is 46.7 Å². The number of imide groups is 2. The highest BCUT2D eigenvalue weighted by Crippen LogP contribution is 2.34. The van der Waals surface area contributed by atoms with E-state index in [0.717, 1.165) is 23.5 Å². The fourth-order valence-electron chi connectivity index (χ4n) is 2.54. The largest absolute Gasteiger partial charge is 0.328 e. The highest BCUT2D eigenvalue weighted by atomic mass is 35.5. The summed E-state index contributed by atoms with van der Waals surface area (Å²) in [6.45, 7) is 0. The Morgan fingerprint density at radius 3 is 1.44 bits per heavy atom. The first-order valence-electron chi connectivity index (χ1n) is 8.98. The minimum absolute atomic E-state index is 0.100. The van der Waals surface area contributed by atoms with Gasteiger partial charge >= 0.3 is 6.03 Å². The van der Waals surface area contributed by atoms with Crippen LogP contribution in [-0.4, -0.2) is 40.9 Å². The number of carbonyl (C=O) groups is 5. The fourth-order valence-corrected chi connectivity index (χ4v) is 4.99. The highest BCUT2D eigenvalue weighted by Gasteiger charge is 2.32. The number of halogens is 2. The van der Waals surface area contributed by atoms with E-state index in [1.165, 1.54) is 0 Å². The van der Waals surface area contributed by atoms with Gasteiger partial charge < -0.3 is 0 Å². The van der Waals surface area contributed by atoms with Gasteiger partial charge in [0, 0.05) is 21.2 Å². The van der Waals surface area contributed by atoms with Crippen molar-refractivity contribution in [1.29, 1.82) is 0 Å². The van der Waals surface area contributed by atoms with Gasteiger partial charge in [0.2, 0.25) is 0 Å². The first kappa shape index (κ1) is 24.1. The molecule has 4 amide bonds. The maximum absolute atomic E-state index is 12.5. The van der Waals surface area contributed by atoms with Gasteiger partial charge in [-0.25, -0.2) is 4.79 Å². The third-order valence-corrected chi connectivity index (χ3v) is 7.07. The number of hydrogen-bond acceptors (Lipinski definition) is 7. The number of carbonyl (C=O) groups excluding carboxylic acids is 5. The summed E-state index contributed by atoms with van der Waals surface area (Å²) in [4.78, 5) is 61.0. The average molecular weight is 509 g/mol. The Morgan fingerprint density at radius 1 is 0.688 bits per heavy atom. The number of benzene rings is 2. The van der Waals surface area contributed by atoms with Gasteiger partial charge in [-0.05, 0) is 48.5 Å². The predicted molar refractivity (Wildman–Crippen MR) is 125 cm³/mol. The maximum Gasteiger partial charge on any atom is 0.328 e. The van der Waals surface area contributed by atoms with E-state index in [1.807, 2.05) is 10.6 Å². The lowest BCUT2D eigenvalue weighted by atomic mass is 10.1. The quantitative estimate of drug-likeness (QED) is 0.313. The summed E-state index contributed by atoms with van der Waals surface area (Å²) in [7, 11) is 0. The molecule has 32 heavy (non-hydrogen) atoms. The summed E-state index contributed by atoms with van der Waals surface area (Å²) in [5, 5.41) is 4.96. The molecule has 164 valence electrons. The Bertz CT molecular complexity index is 1050. The number of barbiturate groups is 1. The minimum Gasteiger partial charge on any atom is -0.293 e. The van der Waals surface area contributed by atoms with Crippen molar-refractivity contribution >= 4 is 76.1 Å². The van der Waals surface area contributed by atoms with Gasteiger partial charge in [0.25, 0.3) is 11.8 Å². The smallest absolute Gasteiger partial charge is 0.293 e. The second-order valence-electron chi connectivity index (χ2n) is 6.34. The van der Waals surface area contributed by atoms with Crippen LogP contribution in [0.1, 0.15) is 20.7 Å². The zero-order chi connectivity index (χ0) is 23.3. The molecule has 0 unspecified atom stereocenters. The summed E-state index contributed by atoms with van der Waals surface area (Å²) >= 11 is 13.5. The first-order valence-corrected chi connectivity index (χ1v) is 11.7. The predicted octanol–water partition coefficient (Wildman–Crippen LogP) is 4.10. The number of amides is 4. The summed E-state index contributed by atoms with van der Waals surface area (Å²) in [6.07, 6.45) is 0. The van der Waals surface area contributed by atoms with Crippen LogP contribution in [-0.2, 0) is 9.59 Å². The number of rotatable bonds is 8. The van der Waals surface area contributed by atoms with Crippen LogP contribution in [0.15, 0.2) is 58.3 Å². The van der Waals surface area contributed by atoms with Crippen LogP contribution in [0.25, 0.3) is 0 Å². The van der Waals surface area contributed by atoms with Gasteiger partial charge in [-0.3, -0.25) is 29.8 Å². The number of hydrogen-bond donors (Lipinski definition) is 2. The molecule has 0 radical (unpaired) electrons. The van der Waals surface area contributed by atoms with Crippen LogP contribution in [0.4, 0.5) is 4.79 Å². The Balaban J connectivity index is 1.79. The van der Waals surface area contributed by atoms with Gasteiger partial charge in [-0.15, -0.1) is 23.5 Å². The van der Waals surface area contributed by atoms with Gasteiger partial charge in [-0.1, -0.05) is 23.2 Å². The molecule has 7 nitrogen and oxygen atoms in total. The van der Waals surface area contributed by atoms with Crippen LogP contribution in [0, 0.1) is 0 Å². The molecule has 0 bridgehead atoms. The molecular weight excluding hydrogens is 495 g/mol. The normalized spacial score (nSPS) is 13.4. The molecule has 2 aromatic rings. The van der Waals surface area contributed by atoms with Gasteiger partial charge in [0.15, 0.2) is 11.6 Å². The molecule has 0 aliphatic carbocycles. The number of thioether (sulfide) groups is 2. The lowest BCUT2D eigenvalue weighted by molar-refractivity contribution is -0.124. The standard InChI is InChI=1S/C21H14Cl2N2O5S2/c22-13-5-1-11(2-6-13)15(26)9-31-20(17-18(28)24-21(30)25-19(17)29)32-10-16(27)12-3-7-14(23)8-4-12/h1-8H,9-10H2,(H2,24,25,28,29,30). The summed E-state index contributed by atoms with van der Waals surface area (Å²) in [6, 6.07) is 11.6. The Kier molecular flexibility index (Phi) is 8.14. The molecule has 1 fully saturated rings. The van der Waals surface area contributed by atoms with Gasteiger partial charge in [-0.2, -0.15) is 0 Å². The zero-order valence-corrected chi connectivity index (χ0v) is 19.3. The molecule has 11 heteroatoms. The van der Waals surface area contributed by atoms with E-state index in [9.17, 15) is 24.0 Å². The van der Waals surface area contributed by atoms with Crippen LogP contribution in [0.5, 0.6) is 0 Å². The zero-order valence-electron chi connectivity index (χ0n) is 16.1. The highest BCUT2D eigenvalue weighted by molar-refractivity contribution is 8.22. The van der Waals surface area contributed by atoms with Crippen molar-refractivity contribution in [2.75, 3.05) is 11.5 Å². The molecule has 1 saturated heterocycles. The molecule has 2 N–H and O–H groups in total. The van der Waals surface area contributed by atoms with Crippen molar-refractivity contribution in [1.82, 2.24) is 10.6 Å². The molecular formula is C21H14Cl2N2O5S2. The minimum atomic E-state index is -0.937. The van der Waals surface area contributed by atoms with Crippen molar-refractivity contribution in [3.63, 3.8) is 0 Å². The average Bonchev–Trinajstić information content (AvgIpc) is 2.75. The molecule has 0 saturated carbocycles. The third-order valence-electron chi connectivity index (χ3n) is 4.11. The van der Waals surface area contributed by atoms with E-state index in [2.05, 4.69) is 0 Å². The first-order chi connectivity index (χ1) is 15.2. The lowest BCUT2D eigenvalue weighted by Crippen LogP contribution is -2.51. The topological polar surface area (TPSA) is 109 Å². The van der Waals surface area contributed by atoms with Gasteiger partial charge in [0.05, 0.1) is 15.7 Å². The Labute approximate surface area is 201 Å². The van der Waals surface area contributed by atoms with E-state index in [-0.39, 0.29) is 32.9 Å². The van der Waals surface area contributed by atoms with Gasteiger partial charge in [0.1, 0.15) is 5.57 Å². The SMILES string of the molecule is O=C1NC(=O)C(=C(SCC(=O)c2ccc(Cl)cc2)SCC(=O)c2ccc(Cl)cc2)C(=O)N1. The number of Topliss-reactive ketones (excluding diaryl/α,β-unsaturated/α-hetero) is 2. The number of ketones is 2. The van der Waals surface area contributed by atoms with Crippen LogP contribution in [0.2, 0.25) is 10.0 Å². The van der Waals surface area contributed by atoms with Crippen LogP contribution < -0.4 is 10.6 Å². The second kappa shape index (κ2) is 10.8. The molecule has 1 aliphatic rings. The van der Waals surface area contributed by atoms with E-state index in [1.54, 1.807) is 48.5 Å². The van der Waals surface area contributed by atoms with Crippen LogP contribution in [0.3, 0.4) is 0 Å². The molecule has 0 spiro atoms. The molecule has 1 heterocycles.